The van der Waals surface area contributed by atoms with E-state index in [0.717, 1.165) is 16.5 Å². The van der Waals surface area contributed by atoms with Gasteiger partial charge in [-0.1, -0.05) is 35.1 Å². The Kier molecular flexibility index (Phi) is 5.12. The van der Waals surface area contributed by atoms with Gasteiger partial charge in [0, 0.05) is 4.47 Å². The van der Waals surface area contributed by atoms with Gasteiger partial charge in [-0.25, -0.2) is 8.42 Å². The number of sulfonamides is 1. The highest BCUT2D eigenvalue weighted by Crippen LogP contribution is 2.23. The quantitative estimate of drug-likeness (QED) is 0.800. The van der Waals surface area contributed by atoms with Crippen LogP contribution in [-0.4, -0.2) is 18.7 Å². The molecule has 0 bridgehead atoms. The fraction of sp³-hybridized carbons (Fsp3) is 0.364. The van der Waals surface area contributed by atoms with E-state index in [1.54, 1.807) is 12.1 Å². The van der Waals surface area contributed by atoms with Crippen LogP contribution in [-0.2, 0) is 16.4 Å². The first-order valence-corrected chi connectivity index (χ1v) is 8.12. The van der Waals surface area contributed by atoms with Crippen molar-refractivity contribution in [1.29, 1.82) is 0 Å². The standard InChI is InChI=1S/C11H15BrN2O2S2/c1-3-8-6-9(12)4-5-10(8)14-18(15,16)7(2)11(13)17/h4-7,14H,3H2,1-2H3,(H2,13,17). The summed E-state index contributed by atoms with van der Waals surface area (Å²) < 4.78 is 27.4. The fourth-order valence-corrected chi connectivity index (χ4v) is 3.13. The molecule has 100 valence electrons. The monoisotopic (exact) mass is 350 g/mol. The Balaban J connectivity index is 3.08. The molecular formula is C11H15BrN2O2S2. The van der Waals surface area contributed by atoms with E-state index in [1.807, 2.05) is 13.0 Å². The first-order chi connectivity index (χ1) is 8.27. The second-order valence-electron chi connectivity index (χ2n) is 3.85. The third-order valence-corrected chi connectivity index (χ3v) is 5.25. The molecule has 7 heteroatoms. The molecule has 1 atom stereocenters. The second-order valence-corrected chi connectivity index (χ2v) is 7.24. The second kappa shape index (κ2) is 5.99. The van der Waals surface area contributed by atoms with Crippen LogP contribution in [0, 0.1) is 0 Å². The topological polar surface area (TPSA) is 72.2 Å². The molecule has 0 saturated heterocycles. The summed E-state index contributed by atoms with van der Waals surface area (Å²) in [5.41, 5.74) is 6.84. The van der Waals surface area contributed by atoms with Gasteiger partial charge in [-0.2, -0.15) is 0 Å². The smallest absolute Gasteiger partial charge is 0.241 e. The van der Waals surface area contributed by atoms with E-state index < -0.39 is 15.3 Å². The molecule has 18 heavy (non-hydrogen) atoms. The van der Waals surface area contributed by atoms with E-state index in [4.69, 9.17) is 18.0 Å². The normalized spacial score (nSPS) is 13.1. The van der Waals surface area contributed by atoms with Crippen molar-refractivity contribution in [3.8, 4) is 0 Å². The van der Waals surface area contributed by atoms with E-state index in [0.29, 0.717) is 5.69 Å². The van der Waals surface area contributed by atoms with Gasteiger partial charge >= 0.3 is 0 Å². The minimum atomic E-state index is -3.59. The van der Waals surface area contributed by atoms with Crippen molar-refractivity contribution >= 4 is 48.8 Å². The molecule has 0 spiro atoms. The van der Waals surface area contributed by atoms with Crippen molar-refractivity contribution in [2.75, 3.05) is 4.72 Å². The number of nitrogens with two attached hydrogens (primary N) is 1. The number of nitrogens with one attached hydrogen (secondary N) is 1. The number of aryl methyl sites for hydroxylation is 1. The molecule has 0 aliphatic rings. The van der Waals surface area contributed by atoms with E-state index >= 15 is 0 Å². The van der Waals surface area contributed by atoms with Crippen LogP contribution in [0.15, 0.2) is 22.7 Å². The molecule has 0 heterocycles. The first kappa shape index (κ1) is 15.4. The molecule has 0 aliphatic heterocycles. The first-order valence-electron chi connectivity index (χ1n) is 5.37. The Morgan fingerprint density at radius 2 is 2.17 bits per heavy atom. The predicted octanol–water partition coefficient (Wildman–Crippen LogP) is 2.43. The maximum atomic E-state index is 12.0. The van der Waals surface area contributed by atoms with E-state index in [-0.39, 0.29) is 4.99 Å². The van der Waals surface area contributed by atoms with Crippen LogP contribution in [0.4, 0.5) is 5.69 Å². The largest absolute Gasteiger partial charge is 0.392 e. The van der Waals surface area contributed by atoms with Crippen LogP contribution >= 0.6 is 28.1 Å². The SMILES string of the molecule is CCc1cc(Br)ccc1NS(=O)(=O)C(C)C(N)=S. The summed E-state index contributed by atoms with van der Waals surface area (Å²) in [6.45, 7) is 3.42. The Hall–Kier alpha value is -0.660. The Bertz CT molecular complexity index is 558. The van der Waals surface area contributed by atoms with Gasteiger partial charge in [-0.15, -0.1) is 0 Å². The fourth-order valence-electron chi connectivity index (χ4n) is 1.35. The highest BCUT2D eigenvalue weighted by Gasteiger charge is 2.23. The molecule has 1 unspecified atom stereocenters. The van der Waals surface area contributed by atoms with Crippen LogP contribution in [0.3, 0.4) is 0 Å². The zero-order chi connectivity index (χ0) is 13.9. The van der Waals surface area contributed by atoms with Crippen molar-refractivity contribution in [2.24, 2.45) is 5.73 Å². The Morgan fingerprint density at radius 1 is 1.56 bits per heavy atom. The average molecular weight is 351 g/mol. The summed E-state index contributed by atoms with van der Waals surface area (Å²) in [4.78, 5) is -0.0438. The van der Waals surface area contributed by atoms with Crippen molar-refractivity contribution in [3.63, 3.8) is 0 Å². The molecular weight excluding hydrogens is 336 g/mol. The van der Waals surface area contributed by atoms with Crippen molar-refractivity contribution < 1.29 is 8.42 Å². The number of hydrogen-bond donors (Lipinski definition) is 2. The molecule has 0 aliphatic carbocycles. The van der Waals surface area contributed by atoms with Crippen molar-refractivity contribution in [3.05, 3.63) is 28.2 Å². The molecule has 0 fully saturated rings. The van der Waals surface area contributed by atoms with Gasteiger partial charge in [0.15, 0.2) is 0 Å². The zero-order valence-electron chi connectivity index (χ0n) is 10.1. The van der Waals surface area contributed by atoms with Gasteiger partial charge in [0.25, 0.3) is 0 Å². The lowest BCUT2D eigenvalue weighted by Crippen LogP contribution is -2.35. The van der Waals surface area contributed by atoms with Crippen LogP contribution in [0.2, 0.25) is 0 Å². The highest BCUT2D eigenvalue weighted by molar-refractivity contribution is 9.10. The maximum Gasteiger partial charge on any atom is 0.241 e. The van der Waals surface area contributed by atoms with Crippen LogP contribution in [0.25, 0.3) is 0 Å². The van der Waals surface area contributed by atoms with Gasteiger partial charge in [0.2, 0.25) is 10.0 Å². The summed E-state index contributed by atoms with van der Waals surface area (Å²) in [6.07, 6.45) is 0.721. The summed E-state index contributed by atoms with van der Waals surface area (Å²) in [6, 6.07) is 5.37. The predicted molar refractivity (Wildman–Crippen MR) is 82.3 cm³/mol. The van der Waals surface area contributed by atoms with E-state index in [1.165, 1.54) is 6.92 Å². The molecule has 1 rings (SSSR count). The molecule has 0 radical (unpaired) electrons. The third-order valence-electron chi connectivity index (χ3n) is 2.57. The Morgan fingerprint density at radius 3 is 2.67 bits per heavy atom. The summed E-state index contributed by atoms with van der Waals surface area (Å²) in [7, 11) is -3.59. The number of rotatable bonds is 5. The minimum Gasteiger partial charge on any atom is -0.392 e. The van der Waals surface area contributed by atoms with Crippen molar-refractivity contribution in [1.82, 2.24) is 0 Å². The number of anilines is 1. The number of thiocarbonyl (C=S) groups is 1. The average Bonchev–Trinajstić information content (AvgIpc) is 2.30. The molecule has 0 amide bonds. The van der Waals surface area contributed by atoms with Crippen LogP contribution in [0.5, 0.6) is 0 Å². The zero-order valence-corrected chi connectivity index (χ0v) is 13.3. The van der Waals surface area contributed by atoms with Crippen LogP contribution in [0.1, 0.15) is 19.4 Å². The van der Waals surface area contributed by atoms with E-state index in [2.05, 4.69) is 20.7 Å². The lowest BCUT2D eigenvalue weighted by Gasteiger charge is -2.16. The highest BCUT2D eigenvalue weighted by atomic mass is 79.9. The molecule has 1 aromatic rings. The summed E-state index contributed by atoms with van der Waals surface area (Å²) >= 11 is 8.07. The van der Waals surface area contributed by atoms with Gasteiger partial charge in [0.1, 0.15) is 5.25 Å². The number of halogens is 1. The number of benzene rings is 1. The van der Waals surface area contributed by atoms with Gasteiger partial charge in [-0.3, -0.25) is 4.72 Å². The molecule has 1 aromatic carbocycles. The molecule has 4 nitrogen and oxygen atoms in total. The lowest BCUT2D eigenvalue weighted by molar-refractivity contribution is 0.598. The van der Waals surface area contributed by atoms with Gasteiger partial charge in [-0.05, 0) is 37.1 Å². The maximum absolute atomic E-state index is 12.0. The molecule has 0 saturated carbocycles. The van der Waals surface area contributed by atoms with Gasteiger partial charge in [0.05, 0.1) is 10.7 Å². The lowest BCUT2D eigenvalue weighted by atomic mass is 10.1. The molecule has 3 N–H and O–H groups in total. The van der Waals surface area contributed by atoms with Gasteiger partial charge < -0.3 is 5.73 Å². The minimum absolute atomic E-state index is 0.0438. The third kappa shape index (κ3) is 3.66. The summed E-state index contributed by atoms with van der Waals surface area (Å²) in [5.74, 6) is 0. The Labute approximate surface area is 121 Å². The number of hydrogen-bond acceptors (Lipinski definition) is 3. The van der Waals surface area contributed by atoms with E-state index in [9.17, 15) is 8.42 Å². The molecule has 0 aromatic heterocycles. The summed E-state index contributed by atoms with van der Waals surface area (Å²) in [5, 5.41) is -0.902. The van der Waals surface area contributed by atoms with Crippen molar-refractivity contribution in [2.45, 2.75) is 25.5 Å². The van der Waals surface area contributed by atoms with Crippen LogP contribution < -0.4 is 10.5 Å².